The highest BCUT2D eigenvalue weighted by Crippen LogP contribution is 2.41. The number of nitrogens with zero attached hydrogens (tertiary/aromatic N) is 4. The quantitative estimate of drug-likeness (QED) is 0.738. The first kappa shape index (κ1) is 17.5. The molecule has 1 N–H and O–H groups in total. The molecule has 27 heavy (non-hydrogen) atoms. The Morgan fingerprint density at radius 1 is 1.41 bits per heavy atom. The van der Waals surface area contributed by atoms with Crippen molar-refractivity contribution >= 4 is 23.1 Å². The molecule has 9 heteroatoms. The Morgan fingerprint density at radius 2 is 2.26 bits per heavy atom. The lowest BCUT2D eigenvalue weighted by molar-refractivity contribution is 0.187. The molecule has 2 aromatic heterocycles. The van der Waals surface area contributed by atoms with Gasteiger partial charge in [-0.15, -0.1) is 21.5 Å². The molecule has 1 aliphatic heterocycles. The van der Waals surface area contributed by atoms with Gasteiger partial charge in [-0.3, -0.25) is 5.32 Å². The molecule has 140 valence electrons. The van der Waals surface area contributed by atoms with Crippen LogP contribution in [0.5, 0.6) is 5.75 Å². The number of amides is 1. The van der Waals surface area contributed by atoms with E-state index in [9.17, 15) is 4.79 Å². The lowest BCUT2D eigenvalue weighted by Crippen LogP contribution is -2.11. The van der Waals surface area contributed by atoms with Crippen molar-refractivity contribution in [3.05, 3.63) is 29.4 Å². The number of thiazole rings is 1. The van der Waals surface area contributed by atoms with E-state index >= 15 is 0 Å². The van der Waals surface area contributed by atoms with Crippen molar-refractivity contribution in [3.8, 4) is 27.8 Å². The zero-order valence-corrected chi connectivity index (χ0v) is 16.0. The Morgan fingerprint density at radius 3 is 3.04 bits per heavy atom. The van der Waals surface area contributed by atoms with Crippen molar-refractivity contribution in [2.75, 3.05) is 19.0 Å². The van der Waals surface area contributed by atoms with E-state index in [1.54, 1.807) is 23.7 Å². The van der Waals surface area contributed by atoms with E-state index in [0.29, 0.717) is 18.0 Å². The molecular weight excluding hydrogens is 366 g/mol. The van der Waals surface area contributed by atoms with Crippen LogP contribution >= 0.6 is 11.3 Å². The fraction of sp³-hybridized carbons (Fsp3) is 0.333. The number of methoxy groups -OCH3 is 1. The second-order valence-corrected chi connectivity index (χ2v) is 7.46. The van der Waals surface area contributed by atoms with Gasteiger partial charge in [0.2, 0.25) is 0 Å². The summed E-state index contributed by atoms with van der Waals surface area (Å²) < 4.78 is 12.5. The summed E-state index contributed by atoms with van der Waals surface area (Å²) in [5.74, 6) is 1.46. The molecule has 4 rings (SSSR count). The summed E-state index contributed by atoms with van der Waals surface area (Å²) in [5, 5.41) is 11.8. The third kappa shape index (κ3) is 3.25. The predicted molar refractivity (Wildman–Crippen MR) is 102 cm³/mol. The Kier molecular flexibility index (Phi) is 4.53. The van der Waals surface area contributed by atoms with Gasteiger partial charge in [0.1, 0.15) is 12.1 Å². The fourth-order valence-electron chi connectivity index (χ4n) is 2.94. The molecule has 0 aliphatic carbocycles. The summed E-state index contributed by atoms with van der Waals surface area (Å²) >= 11 is 1.62. The van der Waals surface area contributed by atoms with Crippen LogP contribution in [0, 0.1) is 0 Å². The maximum Gasteiger partial charge on any atom is 0.411 e. The van der Waals surface area contributed by atoms with Crippen molar-refractivity contribution in [1.29, 1.82) is 0 Å². The van der Waals surface area contributed by atoms with Gasteiger partial charge in [-0.2, -0.15) is 0 Å². The van der Waals surface area contributed by atoms with E-state index in [0.717, 1.165) is 33.4 Å². The van der Waals surface area contributed by atoms with Gasteiger partial charge in [-0.1, -0.05) is 0 Å². The summed E-state index contributed by atoms with van der Waals surface area (Å²) in [5.41, 5.74) is 2.40. The van der Waals surface area contributed by atoms with Gasteiger partial charge < -0.3 is 14.0 Å². The van der Waals surface area contributed by atoms with Crippen molar-refractivity contribution in [1.82, 2.24) is 19.7 Å². The second-order valence-electron chi connectivity index (χ2n) is 6.37. The normalized spacial score (nSPS) is 12.7. The molecule has 0 saturated carbocycles. The van der Waals surface area contributed by atoms with E-state index in [-0.39, 0.29) is 6.04 Å². The zero-order valence-electron chi connectivity index (χ0n) is 15.2. The summed E-state index contributed by atoms with van der Waals surface area (Å²) in [7, 11) is 1.33. The van der Waals surface area contributed by atoms with Gasteiger partial charge >= 0.3 is 6.09 Å². The smallest absolute Gasteiger partial charge is 0.411 e. The van der Waals surface area contributed by atoms with Crippen LogP contribution in [-0.2, 0) is 11.2 Å². The molecule has 0 radical (unpaired) electrons. The fourth-order valence-corrected chi connectivity index (χ4v) is 3.98. The van der Waals surface area contributed by atoms with Crippen LogP contribution in [0.3, 0.4) is 0 Å². The maximum absolute atomic E-state index is 11.4. The largest absolute Gasteiger partial charge is 0.492 e. The Balaban J connectivity index is 1.74. The first-order valence-corrected chi connectivity index (χ1v) is 9.40. The van der Waals surface area contributed by atoms with Crippen molar-refractivity contribution in [3.63, 3.8) is 0 Å². The minimum Gasteiger partial charge on any atom is -0.492 e. The SMILES string of the molecule is COC(=O)Nc1ccc2c(c1)OCCc1sc(-c3nncn3C(C)C)nc1-2. The number of fused-ring (bicyclic) bond motifs is 3. The summed E-state index contributed by atoms with van der Waals surface area (Å²) in [6, 6.07) is 5.75. The number of nitrogens with one attached hydrogen (secondary N) is 1. The lowest BCUT2D eigenvalue weighted by Gasteiger charge is -2.10. The lowest BCUT2D eigenvalue weighted by atomic mass is 10.1. The van der Waals surface area contributed by atoms with Crippen LogP contribution < -0.4 is 10.1 Å². The molecule has 1 amide bonds. The van der Waals surface area contributed by atoms with Crippen LogP contribution in [-0.4, -0.2) is 39.6 Å². The van der Waals surface area contributed by atoms with E-state index in [2.05, 4.69) is 34.1 Å². The first-order chi connectivity index (χ1) is 13.1. The van der Waals surface area contributed by atoms with Gasteiger partial charge in [0.25, 0.3) is 0 Å². The molecule has 1 aliphatic rings. The highest BCUT2D eigenvalue weighted by molar-refractivity contribution is 7.15. The molecule has 0 unspecified atom stereocenters. The van der Waals surface area contributed by atoms with Gasteiger partial charge in [-0.25, -0.2) is 9.78 Å². The minimum atomic E-state index is -0.520. The van der Waals surface area contributed by atoms with E-state index in [1.165, 1.54) is 7.11 Å². The Hall–Kier alpha value is -2.94. The average Bonchev–Trinajstić information content (AvgIpc) is 3.26. The molecule has 1 aromatic carbocycles. The van der Waals surface area contributed by atoms with E-state index in [1.807, 2.05) is 16.7 Å². The van der Waals surface area contributed by atoms with Crippen LogP contribution in [0.4, 0.5) is 10.5 Å². The zero-order chi connectivity index (χ0) is 19.0. The van der Waals surface area contributed by atoms with Crippen molar-refractivity contribution in [2.45, 2.75) is 26.3 Å². The van der Waals surface area contributed by atoms with E-state index in [4.69, 9.17) is 9.72 Å². The minimum absolute atomic E-state index is 0.251. The molecule has 0 atom stereocenters. The molecule has 3 aromatic rings. The highest BCUT2D eigenvalue weighted by Gasteiger charge is 2.23. The molecule has 3 heterocycles. The average molecular weight is 385 g/mol. The molecule has 0 saturated heterocycles. The molecule has 0 spiro atoms. The molecule has 0 fully saturated rings. The van der Waals surface area contributed by atoms with E-state index < -0.39 is 6.09 Å². The highest BCUT2D eigenvalue weighted by atomic mass is 32.1. The molecular formula is C18H19N5O3S. The summed E-state index contributed by atoms with van der Waals surface area (Å²) in [6.45, 7) is 4.72. The van der Waals surface area contributed by atoms with Crippen LogP contribution in [0.25, 0.3) is 22.1 Å². The third-order valence-corrected chi connectivity index (χ3v) is 5.38. The third-order valence-electron chi connectivity index (χ3n) is 4.27. The van der Waals surface area contributed by atoms with Gasteiger partial charge in [-0.05, 0) is 26.0 Å². The number of carbonyl (C=O) groups is 1. The first-order valence-electron chi connectivity index (χ1n) is 8.58. The van der Waals surface area contributed by atoms with Gasteiger partial charge in [0.15, 0.2) is 10.8 Å². The second kappa shape index (κ2) is 6.99. The molecule has 8 nitrogen and oxygen atoms in total. The maximum atomic E-state index is 11.4. The van der Waals surface area contributed by atoms with Crippen molar-refractivity contribution < 1.29 is 14.3 Å². The number of carbonyl (C=O) groups excluding carboxylic acids is 1. The van der Waals surface area contributed by atoms with Crippen LogP contribution in [0.15, 0.2) is 24.5 Å². The summed E-state index contributed by atoms with van der Waals surface area (Å²) in [6.07, 6.45) is 1.97. The number of benzene rings is 1. The standard InChI is InChI=1S/C18H19N5O3S/c1-10(2)23-9-19-22-16(23)17-21-15-12-5-4-11(20-18(24)25-3)8-13(12)26-7-6-14(15)27-17/h4-5,8-10H,6-7H2,1-3H3,(H,20,24). The number of aromatic nitrogens is 4. The number of anilines is 1. The number of hydrogen-bond donors (Lipinski definition) is 1. The monoisotopic (exact) mass is 385 g/mol. The number of ether oxygens (including phenoxy) is 2. The molecule has 0 bridgehead atoms. The number of rotatable bonds is 3. The van der Waals surface area contributed by atoms with Crippen molar-refractivity contribution in [2.24, 2.45) is 0 Å². The van der Waals surface area contributed by atoms with Gasteiger partial charge in [0.05, 0.1) is 19.4 Å². The Labute approximate surface area is 160 Å². The topological polar surface area (TPSA) is 91.2 Å². The Bertz CT molecular complexity index is 995. The van der Waals surface area contributed by atoms with Gasteiger partial charge in [0, 0.05) is 34.7 Å². The van der Waals surface area contributed by atoms with Crippen LogP contribution in [0.2, 0.25) is 0 Å². The predicted octanol–water partition coefficient (Wildman–Crippen LogP) is 3.76. The van der Waals surface area contributed by atoms with Crippen LogP contribution in [0.1, 0.15) is 24.8 Å². The number of hydrogen-bond acceptors (Lipinski definition) is 7. The summed E-state index contributed by atoms with van der Waals surface area (Å²) in [4.78, 5) is 17.4.